The van der Waals surface area contributed by atoms with E-state index in [4.69, 9.17) is 0 Å². The highest BCUT2D eigenvalue weighted by Crippen LogP contribution is 2.16. The summed E-state index contributed by atoms with van der Waals surface area (Å²) in [6, 6.07) is 1.64. The van der Waals surface area contributed by atoms with Crippen molar-refractivity contribution >= 4 is 11.8 Å². The molecular formula is C14H20N4O2. The predicted octanol–water partition coefficient (Wildman–Crippen LogP) is 0.892. The van der Waals surface area contributed by atoms with Crippen molar-refractivity contribution in [3.8, 4) is 0 Å². The van der Waals surface area contributed by atoms with Crippen molar-refractivity contribution in [1.29, 1.82) is 0 Å². The standard InChI is InChI=1S/C14H20N4O2/c1-16-12(14(20)18-8-4-5-9-18)10-11(15-16)13(19)17-6-2-3-7-17/h10H,2-9H2,1H3. The van der Waals surface area contributed by atoms with Crippen LogP contribution in [-0.2, 0) is 7.05 Å². The van der Waals surface area contributed by atoms with Crippen LogP contribution in [0.2, 0.25) is 0 Å². The smallest absolute Gasteiger partial charge is 0.274 e. The number of aryl methyl sites for hydroxylation is 1. The van der Waals surface area contributed by atoms with Gasteiger partial charge in [0.25, 0.3) is 11.8 Å². The number of carbonyl (C=O) groups is 2. The van der Waals surface area contributed by atoms with Crippen LogP contribution in [0.1, 0.15) is 46.7 Å². The maximum atomic E-state index is 12.4. The third-order valence-electron chi connectivity index (χ3n) is 4.10. The Bertz CT molecular complexity index is 525. The molecule has 0 bridgehead atoms. The van der Waals surface area contributed by atoms with Gasteiger partial charge in [0.05, 0.1) is 0 Å². The van der Waals surface area contributed by atoms with Crippen molar-refractivity contribution in [1.82, 2.24) is 19.6 Å². The minimum Gasteiger partial charge on any atom is -0.337 e. The highest BCUT2D eigenvalue weighted by atomic mass is 16.2. The Labute approximate surface area is 118 Å². The van der Waals surface area contributed by atoms with Gasteiger partial charge in [-0.2, -0.15) is 5.10 Å². The molecule has 0 radical (unpaired) electrons. The number of aromatic nitrogens is 2. The molecule has 108 valence electrons. The molecule has 20 heavy (non-hydrogen) atoms. The number of nitrogens with zero attached hydrogens (tertiary/aromatic N) is 4. The quantitative estimate of drug-likeness (QED) is 0.806. The molecule has 2 fully saturated rings. The highest BCUT2D eigenvalue weighted by molar-refractivity contribution is 5.98. The molecule has 2 aliphatic rings. The Balaban J connectivity index is 1.79. The third kappa shape index (κ3) is 2.30. The Morgan fingerprint density at radius 3 is 2.00 bits per heavy atom. The topological polar surface area (TPSA) is 58.4 Å². The normalized spacial score (nSPS) is 18.9. The molecule has 6 heteroatoms. The van der Waals surface area contributed by atoms with Gasteiger partial charge in [-0.1, -0.05) is 0 Å². The molecule has 0 unspecified atom stereocenters. The molecule has 2 amide bonds. The molecule has 6 nitrogen and oxygen atoms in total. The van der Waals surface area contributed by atoms with Crippen molar-refractivity contribution in [2.24, 2.45) is 7.05 Å². The van der Waals surface area contributed by atoms with Crippen LogP contribution in [0.25, 0.3) is 0 Å². The van der Waals surface area contributed by atoms with Gasteiger partial charge < -0.3 is 9.80 Å². The molecule has 0 aromatic carbocycles. The maximum Gasteiger partial charge on any atom is 0.274 e. The summed E-state index contributed by atoms with van der Waals surface area (Å²) in [5.41, 5.74) is 0.895. The molecule has 0 N–H and O–H groups in total. The summed E-state index contributed by atoms with van der Waals surface area (Å²) in [6.07, 6.45) is 4.22. The third-order valence-corrected chi connectivity index (χ3v) is 4.10. The van der Waals surface area contributed by atoms with Gasteiger partial charge in [0.1, 0.15) is 5.69 Å². The van der Waals surface area contributed by atoms with E-state index < -0.39 is 0 Å². The summed E-state index contributed by atoms with van der Waals surface area (Å²) < 4.78 is 1.53. The number of hydrogen-bond donors (Lipinski definition) is 0. The SMILES string of the molecule is Cn1nc(C(=O)N2CCCC2)cc1C(=O)N1CCCC1. The van der Waals surface area contributed by atoms with E-state index in [0.29, 0.717) is 11.4 Å². The van der Waals surface area contributed by atoms with Crippen LogP contribution in [0, 0.1) is 0 Å². The summed E-state index contributed by atoms with van der Waals surface area (Å²) in [5.74, 6) is -0.0726. The lowest BCUT2D eigenvalue weighted by molar-refractivity contribution is 0.0777. The second kappa shape index (κ2) is 5.26. The van der Waals surface area contributed by atoms with E-state index in [2.05, 4.69) is 5.10 Å². The van der Waals surface area contributed by atoms with Gasteiger partial charge in [-0.05, 0) is 25.7 Å². The number of likely N-dealkylation sites (tertiary alicyclic amines) is 2. The maximum absolute atomic E-state index is 12.4. The van der Waals surface area contributed by atoms with Gasteiger partial charge in [0.2, 0.25) is 0 Å². The number of carbonyl (C=O) groups excluding carboxylic acids is 2. The van der Waals surface area contributed by atoms with E-state index in [-0.39, 0.29) is 11.8 Å². The van der Waals surface area contributed by atoms with Crippen molar-refractivity contribution in [2.45, 2.75) is 25.7 Å². The Morgan fingerprint density at radius 1 is 0.950 bits per heavy atom. The molecule has 2 aliphatic heterocycles. The number of hydrogen-bond acceptors (Lipinski definition) is 3. The van der Waals surface area contributed by atoms with E-state index in [1.54, 1.807) is 13.1 Å². The molecule has 0 spiro atoms. The Kier molecular flexibility index (Phi) is 3.46. The van der Waals surface area contributed by atoms with Crippen LogP contribution in [0.15, 0.2) is 6.07 Å². The molecule has 0 aliphatic carbocycles. The lowest BCUT2D eigenvalue weighted by Gasteiger charge is -2.14. The average molecular weight is 276 g/mol. The molecule has 1 aromatic heterocycles. The zero-order chi connectivity index (χ0) is 14.1. The fourth-order valence-electron chi connectivity index (χ4n) is 2.94. The largest absolute Gasteiger partial charge is 0.337 e. The van der Waals surface area contributed by atoms with Gasteiger partial charge in [0.15, 0.2) is 5.69 Å². The minimum absolute atomic E-state index is 0.0158. The van der Waals surface area contributed by atoms with Crippen molar-refractivity contribution in [2.75, 3.05) is 26.2 Å². The molecule has 0 atom stereocenters. The summed E-state index contributed by atoms with van der Waals surface area (Å²) in [6.45, 7) is 3.20. The van der Waals surface area contributed by atoms with Crippen LogP contribution >= 0.6 is 0 Å². The first-order chi connectivity index (χ1) is 9.66. The van der Waals surface area contributed by atoms with Crippen LogP contribution in [0.4, 0.5) is 0 Å². The van der Waals surface area contributed by atoms with Crippen LogP contribution < -0.4 is 0 Å². The summed E-state index contributed by atoms with van der Waals surface area (Å²) in [5, 5.41) is 4.23. The summed E-state index contributed by atoms with van der Waals surface area (Å²) >= 11 is 0. The van der Waals surface area contributed by atoms with E-state index in [9.17, 15) is 9.59 Å². The molecule has 3 heterocycles. The fraction of sp³-hybridized carbons (Fsp3) is 0.643. The zero-order valence-corrected chi connectivity index (χ0v) is 11.8. The molecule has 0 saturated carbocycles. The predicted molar refractivity (Wildman–Crippen MR) is 73.5 cm³/mol. The Morgan fingerprint density at radius 2 is 1.45 bits per heavy atom. The Hall–Kier alpha value is -1.85. The van der Waals surface area contributed by atoms with E-state index in [1.807, 2.05) is 9.80 Å². The van der Waals surface area contributed by atoms with Gasteiger partial charge in [-0.3, -0.25) is 14.3 Å². The summed E-state index contributed by atoms with van der Waals surface area (Å²) in [7, 11) is 1.73. The molecule has 2 saturated heterocycles. The minimum atomic E-state index is -0.0569. The molecular weight excluding hydrogens is 256 g/mol. The second-order valence-electron chi connectivity index (χ2n) is 5.54. The first kappa shape index (κ1) is 13.1. The lowest BCUT2D eigenvalue weighted by atomic mass is 10.3. The second-order valence-corrected chi connectivity index (χ2v) is 5.54. The fourth-order valence-corrected chi connectivity index (χ4v) is 2.94. The number of rotatable bonds is 2. The van der Waals surface area contributed by atoms with Crippen LogP contribution in [0.5, 0.6) is 0 Å². The first-order valence-electron chi connectivity index (χ1n) is 7.29. The van der Waals surface area contributed by atoms with Gasteiger partial charge in [-0.25, -0.2) is 0 Å². The first-order valence-corrected chi connectivity index (χ1v) is 7.29. The van der Waals surface area contributed by atoms with E-state index in [1.165, 1.54) is 4.68 Å². The lowest BCUT2D eigenvalue weighted by Crippen LogP contribution is -2.29. The van der Waals surface area contributed by atoms with E-state index >= 15 is 0 Å². The van der Waals surface area contributed by atoms with Crippen molar-refractivity contribution in [3.05, 3.63) is 17.5 Å². The zero-order valence-electron chi connectivity index (χ0n) is 11.8. The molecule has 1 aromatic rings. The highest BCUT2D eigenvalue weighted by Gasteiger charge is 2.27. The van der Waals surface area contributed by atoms with Gasteiger partial charge in [-0.15, -0.1) is 0 Å². The van der Waals surface area contributed by atoms with E-state index in [0.717, 1.165) is 51.9 Å². The number of amides is 2. The van der Waals surface area contributed by atoms with Gasteiger partial charge in [0, 0.05) is 39.3 Å². The van der Waals surface area contributed by atoms with Crippen molar-refractivity contribution < 1.29 is 9.59 Å². The van der Waals surface area contributed by atoms with Gasteiger partial charge >= 0.3 is 0 Å². The monoisotopic (exact) mass is 276 g/mol. The van der Waals surface area contributed by atoms with Crippen LogP contribution in [0.3, 0.4) is 0 Å². The summed E-state index contributed by atoms with van der Waals surface area (Å²) in [4.78, 5) is 28.3. The molecule has 3 rings (SSSR count). The van der Waals surface area contributed by atoms with Crippen LogP contribution in [-0.4, -0.2) is 57.6 Å². The average Bonchev–Trinajstić information content (AvgIpc) is 3.18. The van der Waals surface area contributed by atoms with Crippen molar-refractivity contribution in [3.63, 3.8) is 0 Å².